The average molecular weight is 275 g/mol. The molecular formula is C13H13F4NO. The first-order valence-corrected chi connectivity index (χ1v) is 5.87. The third-order valence-electron chi connectivity index (χ3n) is 3.33. The average Bonchev–Trinajstić information content (AvgIpc) is 3.04. The summed E-state index contributed by atoms with van der Waals surface area (Å²) >= 11 is 0. The lowest BCUT2D eigenvalue weighted by Gasteiger charge is -2.13. The lowest BCUT2D eigenvalue weighted by Crippen LogP contribution is -2.30. The van der Waals surface area contributed by atoms with Crippen molar-refractivity contribution in [1.82, 2.24) is 5.32 Å². The van der Waals surface area contributed by atoms with Crippen molar-refractivity contribution < 1.29 is 22.4 Å². The summed E-state index contributed by atoms with van der Waals surface area (Å²) in [4.78, 5) is 11.7. The number of benzene rings is 1. The van der Waals surface area contributed by atoms with Gasteiger partial charge in [0.1, 0.15) is 5.82 Å². The van der Waals surface area contributed by atoms with Gasteiger partial charge in [0.25, 0.3) is 5.91 Å². The molecule has 0 aromatic heterocycles. The van der Waals surface area contributed by atoms with Gasteiger partial charge in [-0.3, -0.25) is 4.79 Å². The molecule has 0 bridgehead atoms. The Balaban J connectivity index is 2.17. The van der Waals surface area contributed by atoms with Gasteiger partial charge < -0.3 is 5.32 Å². The summed E-state index contributed by atoms with van der Waals surface area (Å²) in [6.45, 7) is 2.30. The van der Waals surface area contributed by atoms with E-state index >= 15 is 0 Å². The van der Waals surface area contributed by atoms with Gasteiger partial charge in [-0.05, 0) is 30.4 Å². The molecule has 104 valence electrons. The molecule has 0 heterocycles. The maximum Gasteiger partial charge on any atom is 0.419 e. The molecule has 1 saturated carbocycles. The minimum Gasteiger partial charge on any atom is -0.351 e. The van der Waals surface area contributed by atoms with E-state index in [4.69, 9.17) is 0 Å². The molecule has 2 nitrogen and oxygen atoms in total. The van der Waals surface area contributed by atoms with Crippen LogP contribution in [0.2, 0.25) is 0 Å². The van der Waals surface area contributed by atoms with Gasteiger partial charge in [0, 0.05) is 6.54 Å². The van der Waals surface area contributed by atoms with Crippen LogP contribution in [0.25, 0.3) is 0 Å². The lowest BCUT2D eigenvalue weighted by atomic mass is 10.1. The summed E-state index contributed by atoms with van der Waals surface area (Å²) in [7, 11) is 0. The monoisotopic (exact) mass is 275 g/mol. The van der Waals surface area contributed by atoms with Crippen LogP contribution in [0.5, 0.6) is 0 Å². The van der Waals surface area contributed by atoms with Crippen LogP contribution in [0.1, 0.15) is 35.7 Å². The van der Waals surface area contributed by atoms with Crippen molar-refractivity contribution in [2.45, 2.75) is 25.9 Å². The zero-order valence-electron chi connectivity index (χ0n) is 10.3. The van der Waals surface area contributed by atoms with Crippen LogP contribution in [-0.4, -0.2) is 12.5 Å². The van der Waals surface area contributed by atoms with Crippen LogP contribution in [0, 0.1) is 11.2 Å². The number of carbonyl (C=O) groups is 1. The number of hydrogen-bond donors (Lipinski definition) is 1. The minimum atomic E-state index is -4.80. The van der Waals surface area contributed by atoms with Crippen LogP contribution in [-0.2, 0) is 6.18 Å². The van der Waals surface area contributed by atoms with Crippen molar-refractivity contribution in [3.8, 4) is 0 Å². The summed E-state index contributed by atoms with van der Waals surface area (Å²) in [5.74, 6) is -2.33. The first-order valence-electron chi connectivity index (χ1n) is 5.87. The number of alkyl halides is 3. The summed E-state index contributed by atoms with van der Waals surface area (Å²) in [5, 5.41) is 2.47. The first kappa shape index (κ1) is 13.8. The van der Waals surface area contributed by atoms with E-state index in [-0.39, 0.29) is 5.41 Å². The Morgan fingerprint density at radius 2 is 2.00 bits per heavy atom. The second-order valence-electron chi connectivity index (χ2n) is 5.16. The van der Waals surface area contributed by atoms with Gasteiger partial charge in [-0.2, -0.15) is 13.2 Å². The normalized spacial score (nSPS) is 17.1. The fraction of sp³-hybridized carbons (Fsp3) is 0.462. The molecule has 6 heteroatoms. The molecule has 2 rings (SSSR count). The molecule has 0 spiro atoms. The Morgan fingerprint density at radius 3 is 2.53 bits per heavy atom. The minimum absolute atomic E-state index is 0.00771. The van der Waals surface area contributed by atoms with Crippen molar-refractivity contribution in [2.24, 2.45) is 5.41 Å². The van der Waals surface area contributed by atoms with Crippen molar-refractivity contribution in [3.05, 3.63) is 35.1 Å². The molecule has 0 saturated heterocycles. The van der Waals surface area contributed by atoms with Gasteiger partial charge in [0.05, 0.1) is 11.1 Å². The molecule has 1 fully saturated rings. The Hall–Kier alpha value is -1.59. The highest BCUT2D eigenvalue weighted by Crippen LogP contribution is 2.44. The third-order valence-corrected chi connectivity index (χ3v) is 3.33. The fourth-order valence-electron chi connectivity index (χ4n) is 1.71. The maximum atomic E-state index is 13.7. The van der Waals surface area contributed by atoms with Gasteiger partial charge in [-0.1, -0.05) is 13.0 Å². The second-order valence-corrected chi connectivity index (χ2v) is 5.16. The van der Waals surface area contributed by atoms with E-state index in [0.29, 0.717) is 12.6 Å². The van der Waals surface area contributed by atoms with Crippen molar-refractivity contribution in [2.75, 3.05) is 6.54 Å². The summed E-state index contributed by atoms with van der Waals surface area (Å²) in [6, 6.07) is 2.70. The van der Waals surface area contributed by atoms with Crippen LogP contribution in [0.3, 0.4) is 0 Å². The molecule has 1 aliphatic carbocycles. The SMILES string of the molecule is CC1(CNC(=O)c2cccc(C(F)(F)F)c2F)CC1. The first-order chi connectivity index (χ1) is 8.73. The topological polar surface area (TPSA) is 29.1 Å². The second kappa shape index (κ2) is 4.51. The summed E-state index contributed by atoms with van der Waals surface area (Å²) in [6.07, 6.45) is -2.89. The van der Waals surface area contributed by atoms with Crippen LogP contribution >= 0.6 is 0 Å². The highest BCUT2D eigenvalue weighted by molar-refractivity contribution is 5.94. The number of nitrogens with one attached hydrogen (secondary N) is 1. The van der Waals surface area contributed by atoms with Crippen molar-refractivity contribution in [3.63, 3.8) is 0 Å². The molecule has 0 atom stereocenters. The van der Waals surface area contributed by atoms with Crippen molar-refractivity contribution >= 4 is 5.91 Å². The molecule has 1 aliphatic rings. The maximum absolute atomic E-state index is 13.7. The number of hydrogen-bond acceptors (Lipinski definition) is 1. The molecule has 0 unspecified atom stereocenters. The molecule has 0 aliphatic heterocycles. The van der Waals surface area contributed by atoms with Crippen LogP contribution in [0.15, 0.2) is 18.2 Å². The van der Waals surface area contributed by atoms with E-state index in [0.717, 1.165) is 25.0 Å². The quantitative estimate of drug-likeness (QED) is 0.842. The number of rotatable bonds is 3. The van der Waals surface area contributed by atoms with E-state index in [1.807, 2.05) is 6.92 Å². The predicted octanol–water partition coefficient (Wildman–Crippen LogP) is 3.37. The molecule has 1 amide bonds. The van der Waals surface area contributed by atoms with E-state index < -0.39 is 29.0 Å². The standard InChI is InChI=1S/C13H13F4NO/c1-12(5-6-12)7-18-11(19)8-3-2-4-9(10(8)14)13(15,16)17/h2-4H,5-7H2,1H3,(H,18,19). The fourth-order valence-corrected chi connectivity index (χ4v) is 1.71. The van der Waals surface area contributed by atoms with Gasteiger partial charge in [-0.15, -0.1) is 0 Å². The molecular weight excluding hydrogens is 262 g/mol. The Kier molecular flexibility index (Phi) is 3.28. The molecule has 0 radical (unpaired) electrons. The molecule has 1 N–H and O–H groups in total. The summed E-state index contributed by atoms with van der Waals surface area (Å²) < 4.78 is 51.2. The van der Waals surface area contributed by atoms with E-state index in [2.05, 4.69) is 5.32 Å². The lowest BCUT2D eigenvalue weighted by molar-refractivity contribution is -0.140. The molecule has 19 heavy (non-hydrogen) atoms. The van der Waals surface area contributed by atoms with E-state index in [1.54, 1.807) is 0 Å². The zero-order chi connectivity index (χ0) is 14.3. The van der Waals surface area contributed by atoms with Gasteiger partial charge in [0.15, 0.2) is 0 Å². The predicted molar refractivity (Wildman–Crippen MR) is 61.1 cm³/mol. The summed E-state index contributed by atoms with van der Waals surface area (Å²) in [5.41, 5.74) is -1.98. The zero-order valence-corrected chi connectivity index (χ0v) is 10.3. The van der Waals surface area contributed by atoms with Gasteiger partial charge in [-0.25, -0.2) is 4.39 Å². The van der Waals surface area contributed by atoms with E-state index in [1.165, 1.54) is 0 Å². The van der Waals surface area contributed by atoms with Gasteiger partial charge in [0.2, 0.25) is 0 Å². The molecule has 1 aromatic rings. The molecule has 1 aromatic carbocycles. The third kappa shape index (κ3) is 3.05. The van der Waals surface area contributed by atoms with Crippen molar-refractivity contribution in [1.29, 1.82) is 0 Å². The Morgan fingerprint density at radius 1 is 1.37 bits per heavy atom. The van der Waals surface area contributed by atoms with E-state index in [9.17, 15) is 22.4 Å². The largest absolute Gasteiger partial charge is 0.419 e. The Bertz CT molecular complexity index is 506. The number of halogens is 4. The highest BCUT2D eigenvalue weighted by atomic mass is 19.4. The van der Waals surface area contributed by atoms with Crippen LogP contribution < -0.4 is 5.32 Å². The Labute approximate surface area is 107 Å². The smallest absolute Gasteiger partial charge is 0.351 e. The van der Waals surface area contributed by atoms with Crippen LogP contribution in [0.4, 0.5) is 17.6 Å². The number of amides is 1. The highest BCUT2D eigenvalue weighted by Gasteiger charge is 2.38. The number of carbonyl (C=O) groups excluding carboxylic acids is 1. The van der Waals surface area contributed by atoms with Gasteiger partial charge >= 0.3 is 6.18 Å².